The highest BCUT2D eigenvalue weighted by Crippen LogP contribution is 2.34. The van der Waals surface area contributed by atoms with Crippen molar-refractivity contribution in [2.45, 2.75) is 31.2 Å². The first-order valence-corrected chi connectivity index (χ1v) is 9.04. The van der Waals surface area contributed by atoms with Crippen LogP contribution in [0.3, 0.4) is 0 Å². The Balaban J connectivity index is 1.77. The molecule has 2 fully saturated rings. The summed E-state index contributed by atoms with van der Waals surface area (Å²) >= 11 is 0. The molecule has 0 aromatic heterocycles. The van der Waals surface area contributed by atoms with Crippen LogP contribution in [-0.2, 0) is 14.3 Å². The predicted octanol–water partition coefficient (Wildman–Crippen LogP) is 1.63. The average Bonchev–Trinajstić information content (AvgIpc) is 3.47. The fourth-order valence-electron chi connectivity index (χ4n) is 3.41. The molecule has 0 spiro atoms. The molecular weight excluding hydrogens is 318 g/mol. The predicted molar refractivity (Wildman–Crippen MR) is 96.2 cm³/mol. The highest BCUT2D eigenvalue weighted by Gasteiger charge is 2.45. The Bertz CT molecular complexity index is 603. The van der Waals surface area contributed by atoms with Crippen molar-refractivity contribution < 1.29 is 14.3 Å². The number of para-hydroxylation sites is 1. The topological polar surface area (TPSA) is 70.7 Å². The molecule has 0 bridgehead atoms. The van der Waals surface area contributed by atoms with Crippen LogP contribution in [0.1, 0.15) is 25.7 Å². The van der Waals surface area contributed by atoms with Crippen LogP contribution < -0.4 is 10.6 Å². The molecule has 6 heteroatoms. The molecule has 2 amide bonds. The fraction of sp³-hybridized carbons (Fsp3) is 0.579. The van der Waals surface area contributed by atoms with Crippen LogP contribution in [0.25, 0.3) is 0 Å². The van der Waals surface area contributed by atoms with Gasteiger partial charge in [-0.05, 0) is 37.8 Å². The Morgan fingerprint density at radius 1 is 1.28 bits per heavy atom. The summed E-state index contributed by atoms with van der Waals surface area (Å²) in [6, 6.07) is 9.72. The van der Waals surface area contributed by atoms with E-state index in [0.29, 0.717) is 26.1 Å². The molecule has 2 aliphatic rings. The van der Waals surface area contributed by atoms with Crippen LogP contribution in [0.5, 0.6) is 0 Å². The number of ether oxygens (including phenoxy) is 1. The highest BCUT2D eigenvalue weighted by atomic mass is 16.5. The monoisotopic (exact) mass is 345 g/mol. The summed E-state index contributed by atoms with van der Waals surface area (Å²) < 4.78 is 5.03. The van der Waals surface area contributed by atoms with Crippen molar-refractivity contribution in [3.8, 4) is 0 Å². The second kappa shape index (κ2) is 7.87. The summed E-state index contributed by atoms with van der Waals surface area (Å²) in [5, 5.41) is 6.37. The number of anilines is 1. The van der Waals surface area contributed by atoms with Gasteiger partial charge >= 0.3 is 0 Å². The van der Waals surface area contributed by atoms with Gasteiger partial charge in [-0.2, -0.15) is 0 Å². The number of methoxy groups -OCH3 is 1. The minimum atomic E-state index is -0.794. The van der Waals surface area contributed by atoms with Crippen molar-refractivity contribution in [3.63, 3.8) is 0 Å². The first kappa shape index (κ1) is 17.7. The van der Waals surface area contributed by atoms with E-state index in [1.54, 1.807) is 7.11 Å². The summed E-state index contributed by atoms with van der Waals surface area (Å²) in [7, 11) is 1.61. The molecule has 1 aromatic rings. The summed E-state index contributed by atoms with van der Waals surface area (Å²) in [6.45, 7) is 2.08. The van der Waals surface area contributed by atoms with Crippen LogP contribution in [0.2, 0.25) is 0 Å². The van der Waals surface area contributed by atoms with E-state index < -0.39 is 5.54 Å². The van der Waals surface area contributed by atoms with Crippen LogP contribution in [0, 0.1) is 5.92 Å². The van der Waals surface area contributed by atoms with Gasteiger partial charge in [-0.1, -0.05) is 18.2 Å². The molecule has 0 radical (unpaired) electrons. The van der Waals surface area contributed by atoms with Crippen molar-refractivity contribution >= 4 is 17.5 Å². The number of hydrogen-bond donors (Lipinski definition) is 2. The number of hydrogen-bond acceptors (Lipinski definition) is 4. The first-order valence-electron chi connectivity index (χ1n) is 9.04. The van der Waals surface area contributed by atoms with E-state index in [1.165, 1.54) is 0 Å². The Labute approximate surface area is 148 Å². The van der Waals surface area contributed by atoms with Crippen molar-refractivity contribution in [2.24, 2.45) is 5.92 Å². The van der Waals surface area contributed by atoms with Gasteiger partial charge in [-0.25, -0.2) is 0 Å². The number of amides is 2. The van der Waals surface area contributed by atoms with Crippen LogP contribution in [0.4, 0.5) is 5.69 Å². The zero-order chi connectivity index (χ0) is 17.7. The minimum absolute atomic E-state index is 0.0679. The molecule has 1 unspecified atom stereocenters. The van der Waals surface area contributed by atoms with Gasteiger partial charge in [0.25, 0.3) is 0 Å². The van der Waals surface area contributed by atoms with Crippen molar-refractivity contribution in [2.75, 3.05) is 38.7 Å². The molecule has 3 rings (SSSR count). The maximum atomic E-state index is 13.0. The molecule has 2 N–H and O–H groups in total. The highest BCUT2D eigenvalue weighted by molar-refractivity contribution is 5.91. The molecule has 136 valence electrons. The largest absolute Gasteiger partial charge is 0.383 e. The molecule has 1 atom stereocenters. The van der Waals surface area contributed by atoms with Gasteiger partial charge in [0.2, 0.25) is 11.8 Å². The number of benzene rings is 1. The lowest BCUT2D eigenvalue weighted by atomic mass is 9.87. The lowest BCUT2D eigenvalue weighted by molar-refractivity contribution is -0.137. The van der Waals surface area contributed by atoms with E-state index in [2.05, 4.69) is 10.6 Å². The fourth-order valence-corrected chi connectivity index (χ4v) is 3.41. The van der Waals surface area contributed by atoms with E-state index in [0.717, 1.165) is 31.5 Å². The van der Waals surface area contributed by atoms with Crippen molar-refractivity contribution in [3.05, 3.63) is 30.3 Å². The third-order valence-corrected chi connectivity index (χ3v) is 4.91. The van der Waals surface area contributed by atoms with E-state index >= 15 is 0 Å². The number of rotatable bonds is 7. The standard InChI is InChI=1S/C19H27N3O3/c1-25-13-11-20-18(24)19(21-16-6-3-2-4-7-16)10-5-12-22(14-19)17(23)15-8-9-15/h2-4,6-7,15,21H,5,8-14H2,1H3,(H,20,24). The smallest absolute Gasteiger partial charge is 0.247 e. The molecule has 1 saturated carbocycles. The molecule has 1 aliphatic carbocycles. The van der Waals surface area contributed by atoms with Gasteiger partial charge in [-0.15, -0.1) is 0 Å². The maximum Gasteiger partial charge on any atom is 0.247 e. The molecule has 1 heterocycles. The zero-order valence-electron chi connectivity index (χ0n) is 14.8. The van der Waals surface area contributed by atoms with E-state index in [4.69, 9.17) is 4.74 Å². The Hall–Kier alpha value is -2.08. The Kier molecular flexibility index (Phi) is 5.58. The molecular formula is C19H27N3O3. The second-order valence-corrected chi connectivity index (χ2v) is 6.96. The Morgan fingerprint density at radius 3 is 2.72 bits per heavy atom. The van der Waals surface area contributed by atoms with Crippen LogP contribution in [-0.4, -0.2) is 55.6 Å². The summed E-state index contributed by atoms with van der Waals surface area (Å²) in [5.41, 5.74) is 0.0999. The normalized spacial score (nSPS) is 23.2. The van der Waals surface area contributed by atoms with Crippen molar-refractivity contribution in [1.82, 2.24) is 10.2 Å². The molecule has 25 heavy (non-hydrogen) atoms. The quantitative estimate of drug-likeness (QED) is 0.737. The van der Waals surface area contributed by atoms with Crippen molar-refractivity contribution in [1.29, 1.82) is 0 Å². The third kappa shape index (κ3) is 4.31. The van der Waals surface area contributed by atoms with Crippen LogP contribution in [0.15, 0.2) is 30.3 Å². The first-order chi connectivity index (χ1) is 12.1. The molecule has 1 aliphatic heterocycles. The lowest BCUT2D eigenvalue weighted by Gasteiger charge is -2.42. The lowest BCUT2D eigenvalue weighted by Crippen LogP contribution is -2.62. The van der Waals surface area contributed by atoms with E-state index in [-0.39, 0.29) is 17.7 Å². The third-order valence-electron chi connectivity index (χ3n) is 4.91. The van der Waals surface area contributed by atoms with E-state index in [1.807, 2.05) is 35.2 Å². The minimum Gasteiger partial charge on any atom is -0.383 e. The van der Waals surface area contributed by atoms with Gasteiger partial charge in [-0.3, -0.25) is 9.59 Å². The molecule has 6 nitrogen and oxygen atoms in total. The number of carbonyl (C=O) groups is 2. The molecule has 1 saturated heterocycles. The summed E-state index contributed by atoms with van der Waals surface area (Å²) in [6.07, 6.45) is 3.48. The average molecular weight is 345 g/mol. The summed E-state index contributed by atoms with van der Waals surface area (Å²) in [5.74, 6) is 0.300. The van der Waals surface area contributed by atoms with Gasteiger partial charge < -0.3 is 20.3 Å². The zero-order valence-corrected chi connectivity index (χ0v) is 14.8. The number of nitrogens with one attached hydrogen (secondary N) is 2. The van der Waals surface area contributed by atoms with Gasteiger partial charge in [0, 0.05) is 31.8 Å². The number of likely N-dealkylation sites (tertiary alicyclic amines) is 1. The molecule has 1 aromatic carbocycles. The van der Waals surface area contributed by atoms with Crippen LogP contribution >= 0.6 is 0 Å². The number of piperidine rings is 1. The van der Waals surface area contributed by atoms with Gasteiger partial charge in [0.1, 0.15) is 5.54 Å². The second-order valence-electron chi connectivity index (χ2n) is 6.96. The Morgan fingerprint density at radius 2 is 2.04 bits per heavy atom. The SMILES string of the molecule is COCCNC(=O)C1(Nc2ccccc2)CCCN(C(=O)C2CC2)C1. The number of nitrogens with zero attached hydrogens (tertiary/aromatic N) is 1. The summed E-state index contributed by atoms with van der Waals surface area (Å²) in [4.78, 5) is 27.4. The maximum absolute atomic E-state index is 13.0. The van der Waals surface area contributed by atoms with Gasteiger partial charge in [0.05, 0.1) is 13.2 Å². The van der Waals surface area contributed by atoms with Gasteiger partial charge in [0.15, 0.2) is 0 Å². The van der Waals surface area contributed by atoms with E-state index in [9.17, 15) is 9.59 Å². The number of carbonyl (C=O) groups excluding carboxylic acids is 2.